The fourth-order valence-corrected chi connectivity index (χ4v) is 1.95. The van der Waals surface area contributed by atoms with Crippen molar-refractivity contribution in [1.82, 2.24) is 5.32 Å². The molecule has 2 rings (SSSR count). The topological polar surface area (TPSA) is 34.4 Å². The first-order chi connectivity index (χ1) is 9.24. The molecule has 0 spiro atoms. The van der Waals surface area contributed by atoms with E-state index in [1.165, 1.54) is 0 Å². The van der Waals surface area contributed by atoms with Crippen LogP contribution in [0.15, 0.2) is 47.1 Å². The minimum atomic E-state index is 0.133. The second-order valence-corrected chi connectivity index (χ2v) is 4.90. The zero-order valence-electron chi connectivity index (χ0n) is 10.9. The van der Waals surface area contributed by atoms with E-state index in [9.17, 15) is 0 Å². The van der Waals surface area contributed by atoms with Crippen LogP contribution in [-0.4, -0.2) is 12.6 Å². The smallest absolute Gasteiger partial charge is 0.117 e. The summed E-state index contributed by atoms with van der Waals surface area (Å²) in [5.74, 6) is 0.932. The number of hydrogen-bond donors (Lipinski definition) is 1. The van der Waals surface area contributed by atoms with E-state index in [2.05, 4.69) is 5.32 Å². The van der Waals surface area contributed by atoms with Gasteiger partial charge in [0.15, 0.2) is 0 Å². The molecule has 0 saturated heterocycles. The maximum atomic E-state index is 5.92. The highest BCUT2D eigenvalue weighted by atomic mass is 35.5. The molecule has 1 aromatic heterocycles. The summed E-state index contributed by atoms with van der Waals surface area (Å²) in [6, 6.07) is 11.6. The highest BCUT2D eigenvalue weighted by Crippen LogP contribution is 2.12. The molecule has 2 aromatic rings. The van der Waals surface area contributed by atoms with E-state index in [0.717, 1.165) is 29.4 Å². The van der Waals surface area contributed by atoms with Gasteiger partial charge >= 0.3 is 0 Å². The Hall–Kier alpha value is -1.29. The third-order valence-electron chi connectivity index (χ3n) is 2.73. The van der Waals surface area contributed by atoms with Crippen molar-refractivity contribution in [3.8, 4) is 0 Å². The molecule has 102 valence electrons. The van der Waals surface area contributed by atoms with Crippen LogP contribution in [0.2, 0.25) is 5.02 Å². The van der Waals surface area contributed by atoms with Gasteiger partial charge in [-0.2, -0.15) is 0 Å². The van der Waals surface area contributed by atoms with Crippen LogP contribution >= 0.6 is 11.6 Å². The van der Waals surface area contributed by atoms with Crippen LogP contribution in [-0.2, 0) is 17.9 Å². The van der Waals surface area contributed by atoms with Gasteiger partial charge in [0, 0.05) is 11.6 Å². The van der Waals surface area contributed by atoms with Gasteiger partial charge in [-0.3, -0.25) is 0 Å². The van der Waals surface area contributed by atoms with Crippen molar-refractivity contribution in [3.05, 3.63) is 59.0 Å². The summed E-state index contributed by atoms with van der Waals surface area (Å²) in [7, 11) is 0. The summed E-state index contributed by atoms with van der Waals surface area (Å²) in [5.41, 5.74) is 1.09. The van der Waals surface area contributed by atoms with Crippen LogP contribution in [0.4, 0.5) is 0 Å². The average Bonchev–Trinajstić information content (AvgIpc) is 2.90. The molecule has 0 aliphatic carbocycles. The lowest BCUT2D eigenvalue weighted by Crippen LogP contribution is -2.26. The maximum absolute atomic E-state index is 5.92. The van der Waals surface area contributed by atoms with Gasteiger partial charge in [-0.05, 0) is 36.8 Å². The van der Waals surface area contributed by atoms with Gasteiger partial charge in [0.05, 0.1) is 25.5 Å². The molecule has 0 saturated carbocycles. The first kappa shape index (κ1) is 14.1. The lowest BCUT2D eigenvalue weighted by molar-refractivity contribution is 0.0527. The second kappa shape index (κ2) is 7.34. The molecule has 1 N–H and O–H groups in total. The van der Waals surface area contributed by atoms with Crippen molar-refractivity contribution in [2.75, 3.05) is 6.54 Å². The fourth-order valence-electron chi connectivity index (χ4n) is 1.74. The molecule has 0 aliphatic rings. The molecule has 0 radical (unpaired) electrons. The van der Waals surface area contributed by atoms with E-state index in [1.807, 2.05) is 43.3 Å². The minimum Gasteiger partial charge on any atom is -0.468 e. The van der Waals surface area contributed by atoms with E-state index in [-0.39, 0.29) is 6.10 Å². The largest absolute Gasteiger partial charge is 0.468 e. The summed E-state index contributed by atoms with van der Waals surface area (Å²) >= 11 is 5.92. The Balaban J connectivity index is 1.65. The van der Waals surface area contributed by atoms with Gasteiger partial charge in [-0.1, -0.05) is 23.7 Å². The van der Waals surface area contributed by atoms with Gasteiger partial charge in [0.2, 0.25) is 0 Å². The summed E-state index contributed by atoms with van der Waals surface area (Å²) in [6.45, 7) is 4.11. The second-order valence-electron chi connectivity index (χ2n) is 4.46. The Labute approximate surface area is 118 Å². The molecular formula is C15H18ClNO2. The molecule has 4 heteroatoms. The van der Waals surface area contributed by atoms with E-state index < -0.39 is 0 Å². The standard InChI is InChI=1S/C15H18ClNO2/c1-12(9-17-10-15-6-3-7-18-15)19-11-13-4-2-5-14(16)8-13/h2-8,12,17H,9-11H2,1H3. The summed E-state index contributed by atoms with van der Waals surface area (Å²) in [4.78, 5) is 0. The number of hydrogen-bond acceptors (Lipinski definition) is 3. The molecule has 19 heavy (non-hydrogen) atoms. The maximum Gasteiger partial charge on any atom is 0.117 e. The lowest BCUT2D eigenvalue weighted by atomic mass is 10.2. The molecule has 1 heterocycles. The third-order valence-corrected chi connectivity index (χ3v) is 2.97. The van der Waals surface area contributed by atoms with Crippen molar-refractivity contribution in [3.63, 3.8) is 0 Å². The molecule has 0 amide bonds. The quantitative estimate of drug-likeness (QED) is 0.840. The fraction of sp³-hybridized carbons (Fsp3) is 0.333. The Morgan fingerprint density at radius 2 is 2.21 bits per heavy atom. The molecule has 1 aromatic carbocycles. The molecular weight excluding hydrogens is 262 g/mol. The Bertz CT molecular complexity index is 485. The Morgan fingerprint density at radius 1 is 1.32 bits per heavy atom. The van der Waals surface area contributed by atoms with Crippen molar-refractivity contribution in [2.24, 2.45) is 0 Å². The van der Waals surface area contributed by atoms with Crippen molar-refractivity contribution in [1.29, 1.82) is 0 Å². The summed E-state index contributed by atoms with van der Waals surface area (Å²) < 4.78 is 11.0. The number of benzene rings is 1. The monoisotopic (exact) mass is 279 g/mol. The van der Waals surface area contributed by atoms with Crippen LogP contribution in [0.1, 0.15) is 18.2 Å². The lowest BCUT2D eigenvalue weighted by Gasteiger charge is -2.13. The highest BCUT2D eigenvalue weighted by molar-refractivity contribution is 6.30. The van der Waals surface area contributed by atoms with E-state index in [0.29, 0.717) is 6.61 Å². The van der Waals surface area contributed by atoms with Gasteiger partial charge in [-0.15, -0.1) is 0 Å². The summed E-state index contributed by atoms with van der Waals surface area (Å²) in [5, 5.41) is 4.03. The normalized spacial score (nSPS) is 12.5. The number of rotatable bonds is 7. The number of halogens is 1. The average molecular weight is 280 g/mol. The number of nitrogens with one attached hydrogen (secondary N) is 1. The van der Waals surface area contributed by atoms with Gasteiger partial charge in [0.25, 0.3) is 0 Å². The number of ether oxygens (including phenoxy) is 1. The van der Waals surface area contributed by atoms with Crippen LogP contribution in [0, 0.1) is 0 Å². The van der Waals surface area contributed by atoms with E-state index in [1.54, 1.807) is 6.26 Å². The SMILES string of the molecule is CC(CNCc1ccco1)OCc1cccc(Cl)c1. The van der Waals surface area contributed by atoms with E-state index >= 15 is 0 Å². The Kier molecular flexibility index (Phi) is 5.45. The van der Waals surface area contributed by atoms with Crippen LogP contribution in [0.25, 0.3) is 0 Å². The first-order valence-electron chi connectivity index (χ1n) is 6.33. The van der Waals surface area contributed by atoms with Gasteiger partial charge in [0.1, 0.15) is 5.76 Å². The minimum absolute atomic E-state index is 0.133. The van der Waals surface area contributed by atoms with Crippen LogP contribution in [0.5, 0.6) is 0 Å². The molecule has 0 fully saturated rings. The predicted molar refractivity (Wildman–Crippen MR) is 76.1 cm³/mol. The molecule has 1 unspecified atom stereocenters. The van der Waals surface area contributed by atoms with Crippen molar-refractivity contribution >= 4 is 11.6 Å². The van der Waals surface area contributed by atoms with Crippen molar-refractivity contribution in [2.45, 2.75) is 26.2 Å². The van der Waals surface area contributed by atoms with E-state index in [4.69, 9.17) is 20.8 Å². The third kappa shape index (κ3) is 5.07. The molecule has 1 atom stereocenters. The highest BCUT2D eigenvalue weighted by Gasteiger charge is 2.03. The Morgan fingerprint density at radius 3 is 2.95 bits per heavy atom. The van der Waals surface area contributed by atoms with Crippen molar-refractivity contribution < 1.29 is 9.15 Å². The first-order valence-corrected chi connectivity index (χ1v) is 6.71. The van der Waals surface area contributed by atoms with Gasteiger partial charge in [-0.25, -0.2) is 0 Å². The van der Waals surface area contributed by atoms with Gasteiger partial charge < -0.3 is 14.5 Å². The molecule has 3 nitrogen and oxygen atoms in total. The number of furan rings is 1. The van der Waals surface area contributed by atoms with Crippen LogP contribution in [0.3, 0.4) is 0 Å². The zero-order chi connectivity index (χ0) is 13.5. The predicted octanol–water partition coefficient (Wildman–Crippen LogP) is 3.63. The molecule has 0 aliphatic heterocycles. The summed E-state index contributed by atoms with van der Waals surface area (Å²) in [6.07, 6.45) is 1.81. The molecule has 0 bridgehead atoms. The van der Waals surface area contributed by atoms with Crippen LogP contribution < -0.4 is 5.32 Å². The zero-order valence-corrected chi connectivity index (χ0v) is 11.7.